The monoisotopic (exact) mass is 368 g/mol. The van der Waals surface area contributed by atoms with E-state index in [9.17, 15) is 0 Å². The molecule has 26 heavy (non-hydrogen) atoms. The summed E-state index contributed by atoms with van der Waals surface area (Å²) in [5.41, 5.74) is 6.85. The van der Waals surface area contributed by atoms with Crippen molar-refractivity contribution < 1.29 is 9.47 Å². The van der Waals surface area contributed by atoms with Crippen LogP contribution in [0.5, 0.6) is 11.5 Å². The molecule has 0 radical (unpaired) electrons. The number of thiocarbonyl (C=S) groups is 1. The predicted octanol–water partition coefficient (Wildman–Crippen LogP) is 3.53. The lowest BCUT2D eigenvalue weighted by Crippen LogP contribution is -2.24. The minimum atomic E-state index is -0.0380. The van der Waals surface area contributed by atoms with Gasteiger partial charge < -0.3 is 14.8 Å². The number of anilines is 1. The molecule has 0 heterocycles. The van der Waals surface area contributed by atoms with Gasteiger partial charge in [-0.1, -0.05) is 12.1 Å². The molecule has 0 saturated carbocycles. The SMILES string of the molecule is COc1cc(/C=N\NC(=S)Nc2cccc(C)c2C)ccc1OCC#N. The Morgan fingerprint density at radius 1 is 1.27 bits per heavy atom. The Morgan fingerprint density at radius 2 is 2.08 bits per heavy atom. The van der Waals surface area contributed by atoms with Gasteiger partial charge in [-0.25, -0.2) is 0 Å². The van der Waals surface area contributed by atoms with Crippen LogP contribution in [0.15, 0.2) is 41.5 Å². The highest BCUT2D eigenvalue weighted by molar-refractivity contribution is 7.80. The fourth-order valence-electron chi connectivity index (χ4n) is 2.20. The molecule has 0 aliphatic heterocycles. The van der Waals surface area contributed by atoms with Crippen LogP contribution in [-0.2, 0) is 0 Å². The molecule has 0 unspecified atom stereocenters. The molecule has 6 nitrogen and oxygen atoms in total. The van der Waals surface area contributed by atoms with Crippen LogP contribution in [0.1, 0.15) is 16.7 Å². The zero-order chi connectivity index (χ0) is 18.9. The summed E-state index contributed by atoms with van der Waals surface area (Å²) in [5, 5.41) is 16.2. The summed E-state index contributed by atoms with van der Waals surface area (Å²) in [5.74, 6) is 1.03. The molecule has 2 rings (SSSR count). The van der Waals surface area contributed by atoms with Gasteiger partial charge in [0, 0.05) is 5.69 Å². The maximum absolute atomic E-state index is 8.59. The second-order valence-corrected chi connectivity index (χ2v) is 5.84. The van der Waals surface area contributed by atoms with E-state index in [1.807, 2.05) is 44.2 Å². The molecular formula is C19H20N4O2S. The number of hydrazone groups is 1. The first-order valence-electron chi connectivity index (χ1n) is 7.89. The van der Waals surface area contributed by atoms with Gasteiger partial charge in [-0.05, 0) is 67.0 Å². The van der Waals surface area contributed by atoms with Crippen LogP contribution in [-0.4, -0.2) is 25.0 Å². The second kappa shape index (κ2) is 9.39. The smallest absolute Gasteiger partial charge is 0.191 e. The third-order valence-corrected chi connectivity index (χ3v) is 3.91. The average molecular weight is 368 g/mol. The molecular weight excluding hydrogens is 348 g/mol. The molecule has 0 spiro atoms. The molecule has 2 aromatic carbocycles. The summed E-state index contributed by atoms with van der Waals surface area (Å²) in [6.07, 6.45) is 1.62. The molecule has 0 aromatic heterocycles. The number of nitriles is 1. The van der Waals surface area contributed by atoms with E-state index in [1.54, 1.807) is 18.3 Å². The van der Waals surface area contributed by atoms with E-state index in [0.29, 0.717) is 16.6 Å². The number of methoxy groups -OCH3 is 1. The normalized spacial score (nSPS) is 10.2. The zero-order valence-electron chi connectivity index (χ0n) is 14.9. The number of nitrogens with one attached hydrogen (secondary N) is 2. The molecule has 2 aromatic rings. The van der Waals surface area contributed by atoms with Crippen molar-refractivity contribution in [3.05, 3.63) is 53.1 Å². The molecule has 0 fully saturated rings. The van der Waals surface area contributed by atoms with Gasteiger partial charge in [0.2, 0.25) is 0 Å². The molecule has 0 amide bonds. The minimum absolute atomic E-state index is 0.0380. The van der Waals surface area contributed by atoms with E-state index in [0.717, 1.165) is 16.8 Å². The van der Waals surface area contributed by atoms with E-state index in [1.165, 1.54) is 12.7 Å². The number of hydrogen-bond acceptors (Lipinski definition) is 5. The molecule has 134 valence electrons. The maximum Gasteiger partial charge on any atom is 0.191 e. The number of benzene rings is 2. The van der Waals surface area contributed by atoms with Crippen LogP contribution < -0.4 is 20.2 Å². The third kappa shape index (κ3) is 5.19. The van der Waals surface area contributed by atoms with Gasteiger partial charge in [0.05, 0.1) is 13.3 Å². The largest absolute Gasteiger partial charge is 0.493 e. The first-order valence-corrected chi connectivity index (χ1v) is 8.30. The zero-order valence-corrected chi connectivity index (χ0v) is 15.7. The number of aryl methyl sites for hydroxylation is 1. The lowest BCUT2D eigenvalue weighted by atomic mass is 10.1. The average Bonchev–Trinajstić information content (AvgIpc) is 2.64. The number of rotatable bonds is 6. The van der Waals surface area contributed by atoms with Crippen LogP contribution >= 0.6 is 12.2 Å². The Morgan fingerprint density at radius 3 is 2.81 bits per heavy atom. The summed E-state index contributed by atoms with van der Waals surface area (Å²) in [6, 6.07) is 13.2. The molecule has 2 N–H and O–H groups in total. The lowest BCUT2D eigenvalue weighted by Gasteiger charge is -2.11. The van der Waals surface area contributed by atoms with E-state index >= 15 is 0 Å². The molecule has 0 aliphatic carbocycles. The Labute approximate surface area is 158 Å². The van der Waals surface area contributed by atoms with Crippen molar-refractivity contribution in [3.8, 4) is 17.6 Å². The van der Waals surface area contributed by atoms with Gasteiger partial charge in [-0.15, -0.1) is 0 Å². The van der Waals surface area contributed by atoms with Crippen molar-refractivity contribution in [3.63, 3.8) is 0 Å². The highest BCUT2D eigenvalue weighted by Gasteiger charge is 2.05. The summed E-state index contributed by atoms with van der Waals surface area (Å²) in [7, 11) is 1.54. The standard InChI is InChI=1S/C19H20N4O2S/c1-13-5-4-6-16(14(13)2)22-19(26)23-21-12-15-7-8-17(25-10-9-20)18(11-15)24-3/h4-8,11-12H,10H2,1-3H3,(H2,22,23,26)/b21-12-. The molecule has 0 saturated heterocycles. The fraction of sp³-hybridized carbons (Fsp3) is 0.211. The van der Waals surface area contributed by atoms with Gasteiger partial charge >= 0.3 is 0 Å². The first-order chi connectivity index (χ1) is 12.5. The van der Waals surface area contributed by atoms with Gasteiger partial charge in [0.15, 0.2) is 23.2 Å². The first kappa shape index (κ1) is 19.2. The molecule has 0 aliphatic rings. The number of ether oxygens (including phenoxy) is 2. The van der Waals surface area contributed by atoms with Crippen molar-refractivity contribution in [2.75, 3.05) is 19.0 Å². The highest BCUT2D eigenvalue weighted by atomic mass is 32.1. The van der Waals surface area contributed by atoms with Gasteiger partial charge in [-0.3, -0.25) is 5.43 Å². The molecule has 7 heteroatoms. The summed E-state index contributed by atoms with van der Waals surface area (Å²) in [4.78, 5) is 0. The van der Waals surface area contributed by atoms with Gasteiger partial charge in [-0.2, -0.15) is 10.4 Å². The van der Waals surface area contributed by atoms with Crippen molar-refractivity contribution in [2.45, 2.75) is 13.8 Å². The van der Waals surface area contributed by atoms with E-state index in [-0.39, 0.29) is 6.61 Å². The van der Waals surface area contributed by atoms with E-state index < -0.39 is 0 Å². The van der Waals surface area contributed by atoms with Crippen LogP contribution in [0.2, 0.25) is 0 Å². The Bertz CT molecular complexity index is 859. The fourth-order valence-corrected chi connectivity index (χ4v) is 2.36. The van der Waals surface area contributed by atoms with Crippen molar-refractivity contribution in [1.29, 1.82) is 5.26 Å². The lowest BCUT2D eigenvalue weighted by molar-refractivity contribution is 0.329. The third-order valence-electron chi connectivity index (χ3n) is 3.71. The quantitative estimate of drug-likeness (QED) is 0.461. The maximum atomic E-state index is 8.59. The van der Waals surface area contributed by atoms with Gasteiger partial charge in [0.25, 0.3) is 0 Å². The van der Waals surface area contributed by atoms with Crippen LogP contribution in [0.4, 0.5) is 5.69 Å². The minimum Gasteiger partial charge on any atom is -0.493 e. The topological polar surface area (TPSA) is 78.7 Å². The van der Waals surface area contributed by atoms with Crippen molar-refractivity contribution >= 4 is 29.2 Å². The second-order valence-electron chi connectivity index (χ2n) is 5.43. The predicted molar refractivity (Wildman–Crippen MR) is 107 cm³/mol. The highest BCUT2D eigenvalue weighted by Crippen LogP contribution is 2.27. The van der Waals surface area contributed by atoms with Crippen LogP contribution in [0, 0.1) is 25.2 Å². The molecule has 0 atom stereocenters. The number of nitrogens with zero attached hydrogens (tertiary/aromatic N) is 2. The van der Waals surface area contributed by atoms with Crippen LogP contribution in [0.3, 0.4) is 0 Å². The molecule has 0 bridgehead atoms. The van der Waals surface area contributed by atoms with E-state index in [2.05, 4.69) is 15.8 Å². The summed E-state index contributed by atoms with van der Waals surface area (Å²) < 4.78 is 10.5. The van der Waals surface area contributed by atoms with Crippen molar-refractivity contribution in [2.24, 2.45) is 5.10 Å². The Kier molecular flexibility index (Phi) is 6.94. The van der Waals surface area contributed by atoms with Crippen molar-refractivity contribution in [1.82, 2.24) is 5.43 Å². The Hall–Kier alpha value is -3.11. The summed E-state index contributed by atoms with van der Waals surface area (Å²) >= 11 is 5.26. The number of hydrogen-bond donors (Lipinski definition) is 2. The summed E-state index contributed by atoms with van der Waals surface area (Å²) in [6.45, 7) is 4.04. The van der Waals surface area contributed by atoms with Crippen LogP contribution in [0.25, 0.3) is 0 Å². The van der Waals surface area contributed by atoms with Gasteiger partial charge in [0.1, 0.15) is 6.07 Å². The Balaban J connectivity index is 1.98. The van der Waals surface area contributed by atoms with E-state index in [4.69, 9.17) is 27.0 Å².